The molecule has 0 aliphatic heterocycles. The van der Waals surface area contributed by atoms with E-state index in [9.17, 15) is 8.42 Å². The predicted molar refractivity (Wildman–Crippen MR) is 82.6 cm³/mol. The minimum atomic E-state index is -3.44. The Labute approximate surface area is 127 Å². The van der Waals surface area contributed by atoms with Gasteiger partial charge in [-0.15, -0.1) is 0 Å². The quantitative estimate of drug-likeness (QED) is 0.801. The summed E-state index contributed by atoms with van der Waals surface area (Å²) < 4.78 is 32.7. The molecule has 0 spiro atoms. The first-order valence-electron chi connectivity index (χ1n) is 7.67. The molecular formula is C15H26N2O3S. The molecule has 120 valence electrons. The fourth-order valence-corrected chi connectivity index (χ4v) is 4.01. The summed E-state index contributed by atoms with van der Waals surface area (Å²) in [5.74, 6) is 1.68. The summed E-state index contributed by atoms with van der Waals surface area (Å²) in [5.41, 5.74) is 0. The molecule has 0 saturated heterocycles. The highest BCUT2D eigenvalue weighted by atomic mass is 32.2. The molecular weight excluding hydrogens is 288 g/mol. The van der Waals surface area contributed by atoms with Gasteiger partial charge in [0.2, 0.25) is 10.0 Å². The van der Waals surface area contributed by atoms with Gasteiger partial charge in [-0.3, -0.25) is 0 Å². The van der Waals surface area contributed by atoms with Gasteiger partial charge < -0.3 is 9.73 Å². The molecule has 2 rings (SSSR count). The van der Waals surface area contributed by atoms with Gasteiger partial charge in [-0.2, -0.15) is 4.31 Å². The Morgan fingerprint density at radius 2 is 2.10 bits per heavy atom. The maximum absolute atomic E-state index is 12.7. The second-order valence-corrected chi connectivity index (χ2v) is 7.97. The Morgan fingerprint density at radius 3 is 2.62 bits per heavy atom. The minimum Gasteiger partial charge on any atom is -0.464 e. The molecule has 0 radical (unpaired) electrons. The normalized spacial score (nSPS) is 16.1. The number of aryl methyl sites for hydroxylation is 1. The van der Waals surface area contributed by atoms with E-state index in [0.717, 1.165) is 12.8 Å². The van der Waals surface area contributed by atoms with Crippen LogP contribution in [0.2, 0.25) is 0 Å². The molecule has 1 aliphatic rings. The summed E-state index contributed by atoms with van der Waals surface area (Å²) in [6.45, 7) is 9.37. The summed E-state index contributed by atoms with van der Waals surface area (Å²) in [5, 5.41) is 3.24. The number of hydrogen-bond acceptors (Lipinski definition) is 4. The zero-order valence-corrected chi connectivity index (χ0v) is 14.2. The molecule has 1 heterocycles. The van der Waals surface area contributed by atoms with Crippen molar-refractivity contribution in [2.24, 2.45) is 5.92 Å². The van der Waals surface area contributed by atoms with Crippen molar-refractivity contribution in [3.8, 4) is 0 Å². The lowest BCUT2D eigenvalue weighted by molar-refractivity contribution is 0.408. The first-order valence-corrected chi connectivity index (χ1v) is 9.11. The summed E-state index contributed by atoms with van der Waals surface area (Å²) in [7, 11) is -3.44. The maximum Gasteiger partial charge on any atom is 0.246 e. The molecule has 1 N–H and O–H groups in total. The lowest BCUT2D eigenvalue weighted by Gasteiger charge is -2.19. The summed E-state index contributed by atoms with van der Waals surface area (Å²) in [4.78, 5) is 0.311. The van der Waals surface area contributed by atoms with E-state index in [2.05, 4.69) is 5.32 Å². The number of furan rings is 1. The Morgan fingerprint density at radius 1 is 1.43 bits per heavy atom. The van der Waals surface area contributed by atoms with E-state index in [1.165, 1.54) is 0 Å². The third-order valence-corrected chi connectivity index (χ3v) is 5.79. The van der Waals surface area contributed by atoms with E-state index >= 15 is 0 Å². The van der Waals surface area contributed by atoms with Crippen molar-refractivity contribution < 1.29 is 12.8 Å². The van der Waals surface area contributed by atoms with Gasteiger partial charge in [-0.05, 0) is 25.7 Å². The van der Waals surface area contributed by atoms with Crippen molar-refractivity contribution in [3.63, 3.8) is 0 Å². The van der Waals surface area contributed by atoms with Gasteiger partial charge in [0.15, 0.2) is 0 Å². The summed E-state index contributed by atoms with van der Waals surface area (Å²) in [6, 6.07) is 1.99. The largest absolute Gasteiger partial charge is 0.464 e. The fourth-order valence-electron chi connectivity index (χ4n) is 2.30. The number of nitrogens with one attached hydrogen (secondary N) is 1. The molecule has 0 unspecified atom stereocenters. The van der Waals surface area contributed by atoms with E-state index < -0.39 is 10.0 Å². The molecule has 5 nitrogen and oxygen atoms in total. The monoisotopic (exact) mass is 314 g/mol. The Kier molecular flexibility index (Phi) is 5.11. The highest BCUT2D eigenvalue weighted by Crippen LogP contribution is 2.32. The Bertz CT molecular complexity index is 574. The zero-order chi connectivity index (χ0) is 15.6. The molecule has 1 saturated carbocycles. The second kappa shape index (κ2) is 6.50. The van der Waals surface area contributed by atoms with Gasteiger partial charge in [0.25, 0.3) is 0 Å². The van der Waals surface area contributed by atoms with E-state index in [4.69, 9.17) is 4.42 Å². The molecule has 21 heavy (non-hydrogen) atoms. The number of sulfonamides is 1. The van der Waals surface area contributed by atoms with Crippen LogP contribution in [0.1, 0.15) is 45.1 Å². The molecule has 6 heteroatoms. The second-order valence-electron chi connectivity index (χ2n) is 6.07. The van der Waals surface area contributed by atoms with Crippen LogP contribution in [0.25, 0.3) is 0 Å². The molecule has 0 aromatic carbocycles. The fraction of sp³-hybridized carbons (Fsp3) is 0.733. The van der Waals surface area contributed by atoms with Crippen LogP contribution in [0.15, 0.2) is 15.4 Å². The van der Waals surface area contributed by atoms with Crippen molar-refractivity contribution >= 4 is 10.0 Å². The van der Waals surface area contributed by atoms with Crippen LogP contribution >= 0.6 is 0 Å². The van der Waals surface area contributed by atoms with Crippen LogP contribution in [0.5, 0.6) is 0 Å². The Hall–Kier alpha value is -0.850. The van der Waals surface area contributed by atoms with Crippen molar-refractivity contribution in [3.05, 3.63) is 17.6 Å². The van der Waals surface area contributed by atoms with Crippen molar-refractivity contribution in [1.29, 1.82) is 0 Å². The average Bonchev–Trinajstić information content (AvgIpc) is 3.14. The molecule has 1 aromatic heterocycles. The van der Waals surface area contributed by atoms with Gasteiger partial charge in [0, 0.05) is 25.2 Å². The van der Waals surface area contributed by atoms with Gasteiger partial charge in [0.05, 0.1) is 6.54 Å². The smallest absolute Gasteiger partial charge is 0.246 e. The highest BCUT2D eigenvalue weighted by molar-refractivity contribution is 7.89. The predicted octanol–water partition coefficient (Wildman–Crippen LogP) is 2.51. The zero-order valence-electron chi connectivity index (χ0n) is 13.3. The van der Waals surface area contributed by atoms with Crippen LogP contribution < -0.4 is 5.32 Å². The van der Waals surface area contributed by atoms with Gasteiger partial charge in [-0.25, -0.2) is 8.42 Å². The van der Waals surface area contributed by atoms with Crippen LogP contribution in [0.4, 0.5) is 0 Å². The third-order valence-electron chi connectivity index (χ3n) is 3.74. The van der Waals surface area contributed by atoms with Crippen LogP contribution in [-0.4, -0.2) is 31.9 Å². The van der Waals surface area contributed by atoms with E-state index in [1.807, 2.05) is 20.8 Å². The molecule has 1 fully saturated rings. The van der Waals surface area contributed by atoms with Crippen LogP contribution in [0, 0.1) is 12.8 Å². The molecule has 0 bridgehead atoms. The van der Waals surface area contributed by atoms with Gasteiger partial charge in [0.1, 0.15) is 16.4 Å². The third kappa shape index (κ3) is 4.08. The lowest BCUT2D eigenvalue weighted by Crippen LogP contribution is -2.32. The number of hydrogen-bond donors (Lipinski definition) is 1. The molecule has 1 aromatic rings. The lowest BCUT2D eigenvalue weighted by atomic mass is 10.3. The van der Waals surface area contributed by atoms with Crippen molar-refractivity contribution in [2.75, 3.05) is 13.1 Å². The average molecular weight is 314 g/mol. The first kappa shape index (κ1) is 16.5. The standard InChI is InChI=1S/C15H26N2O3S/c1-5-17(10-13-6-7-13)21(18,19)15-8-14(20-12(15)4)9-16-11(2)3/h8,11,13,16H,5-7,9-10H2,1-4H3. The Balaban J connectivity index is 2.18. The van der Waals surface area contributed by atoms with Crippen molar-refractivity contribution in [1.82, 2.24) is 9.62 Å². The van der Waals surface area contributed by atoms with E-state index in [1.54, 1.807) is 17.3 Å². The minimum absolute atomic E-state index is 0.311. The first-order chi connectivity index (χ1) is 9.84. The number of nitrogens with zero attached hydrogens (tertiary/aromatic N) is 1. The van der Waals surface area contributed by atoms with Gasteiger partial charge >= 0.3 is 0 Å². The topological polar surface area (TPSA) is 62.6 Å². The summed E-state index contributed by atoms with van der Waals surface area (Å²) >= 11 is 0. The number of rotatable bonds is 8. The highest BCUT2D eigenvalue weighted by Gasteiger charge is 2.32. The molecule has 0 atom stereocenters. The van der Waals surface area contributed by atoms with E-state index in [-0.39, 0.29) is 0 Å². The van der Waals surface area contributed by atoms with Gasteiger partial charge in [-0.1, -0.05) is 20.8 Å². The summed E-state index contributed by atoms with van der Waals surface area (Å²) in [6.07, 6.45) is 2.28. The van der Waals surface area contributed by atoms with Crippen LogP contribution in [0.3, 0.4) is 0 Å². The molecule has 1 aliphatic carbocycles. The van der Waals surface area contributed by atoms with Crippen LogP contribution in [-0.2, 0) is 16.6 Å². The maximum atomic E-state index is 12.7. The van der Waals surface area contributed by atoms with E-state index in [0.29, 0.717) is 48.0 Å². The van der Waals surface area contributed by atoms with Crippen molar-refractivity contribution in [2.45, 2.75) is 58.0 Å². The SMILES string of the molecule is CCN(CC1CC1)S(=O)(=O)c1cc(CNC(C)C)oc1C. The molecule has 0 amide bonds.